The van der Waals surface area contributed by atoms with Crippen LogP contribution < -0.4 is 5.32 Å². The van der Waals surface area contributed by atoms with Crippen LogP contribution in [0.4, 0.5) is 4.79 Å². The van der Waals surface area contributed by atoms with Crippen molar-refractivity contribution >= 4 is 6.03 Å². The van der Waals surface area contributed by atoms with E-state index in [0.29, 0.717) is 24.3 Å². The molecule has 3 atom stereocenters. The van der Waals surface area contributed by atoms with Gasteiger partial charge in [-0.1, -0.05) is 30.3 Å². The summed E-state index contributed by atoms with van der Waals surface area (Å²) in [6.07, 6.45) is 7.23. The first kappa shape index (κ1) is 16.6. The number of rotatable bonds is 3. The van der Waals surface area contributed by atoms with E-state index in [1.165, 1.54) is 18.4 Å². The van der Waals surface area contributed by atoms with E-state index in [1.807, 2.05) is 0 Å². The quantitative estimate of drug-likeness (QED) is 0.907. The summed E-state index contributed by atoms with van der Waals surface area (Å²) in [5, 5.41) is 3.43. The molecule has 0 saturated carbocycles. The highest BCUT2D eigenvalue weighted by atomic mass is 16.5. The van der Waals surface area contributed by atoms with E-state index < -0.39 is 0 Å². The monoisotopic (exact) mass is 355 g/mol. The van der Waals surface area contributed by atoms with Gasteiger partial charge in [-0.2, -0.15) is 0 Å². The minimum absolute atomic E-state index is 0.187. The molecule has 5 heteroatoms. The topological polar surface area (TPSA) is 44.8 Å². The number of hydrogen-bond donors (Lipinski definition) is 1. The maximum Gasteiger partial charge on any atom is 0.321 e. The van der Waals surface area contributed by atoms with Crippen LogP contribution >= 0.6 is 0 Å². The van der Waals surface area contributed by atoms with Crippen LogP contribution in [-0.2, 0) is 4.74 Å². The number of nitrogens with zero attached hydrogens (tertiary/aromatic N) is 2. The van der Waals surface area contributed by atoms with E-state index in [-0.39, 0.29) is 12.1 Å². The first-order valence-corrected chi connectivity index (χ1v) is 10.3. The van der Waals surface area contributed by atoms with Gasteiger partial charge in [0.05, 0.1) is 18.2 Å². The van der Waals surface area contributed by atoms with Gasteiger partial charge in [0, 0.05) is 18.6 Å². The summed E-state index contributed by atoms with van der Waals surface area (Å²) in [5.41, 5.74) is 1.27. The lowest BCUT2D eigenvalue weighted by atomic mass is 9.99. The normalized spacial score (nSPS) is 35.3. The Labute approximate surface area is 155 Å². The summed E-state index contributed by atoms with van der Waals surface area (Å²) < 4.78 is 6.02. The molecule has 2 unspecified atom stereocenters. The van der Waals surface area contributed by atoms with Crippen molar-refractivity contribution in [1.82, 2.24) is 15.1 Å². The van der Waals surface area contributed by atoms with Gasteiger partial charge >= 0.3 is 6.03 Å². The zero-order valence-corrected chi connectivity index (χ0v) is 15.3. The maximum absolute atomic E-state index is 13.5. The number of hydrogen-bond acceptors (Lipinski definition) is 3. The number of amides is 2. The predicted molar refractivity (Wildman–Crippen MR) is 99.9 cm³/mol. The van der Waals surface area contributed by atoms with Gasteiger partial charge in [-0.05, 0) is 57.2 Å². The second kappa shape index (κ2) is 6.86. The number of piperidine rings is 1. The van der Waals surface area contributed by atoms with Crippen LogP contribution in [0.15, 0.2) is 30.3 Å². The lowest BCUT2D eigenvalue weighted by Gasteiger charge is -2.37. The smallest absolute Gasteiger partial charge is 0.321 e. The molecule has 0 aliphatic carbocycles. The fraction of sp³-hybridized carbons (Fsp3) is 0.667. The van der Waals surface area contributed by atoms with E-state index >= 15 is 0 Å². The van der Waals surface area contributed by atoms with E-state index in [4.69, 9.17) is 4.74 Å². The van der Waals surface area contributed by atoms with Crippen LogP contribution in [0.2, 0.25) is 0 Å². The summed E-state index contributed by atoms with van der Waals surface area (Å²) in [6.45, 7) is 2.85. The Morgan fingerprint density at radius 3 is 2.31 bits per heavy atom. The maximum atomic E-state index is 13.5. The highest BCUT2D eigenvalue weighted by Crippen LogP contribution is 2.40. The minimum Gasteiger partial charge on any atom is -0.375 e. The Hall–Kier alpha value is -1.59. The standard InChI is InChI=1S/C21H29N3O2/c25-21-23(17-12-18-6-7-19(13-17)26-18)14-20(15-4-2-1-3-5-15)24(21)16-8-10-22-11-9-16/h1-5,16-20,22H,6-14H2/t17?,18?,19?,20-/m0/s1. The molecule has 4 aliphatic heterocycles. The number of carbonyl (C=O) groups is 1. The third-order valence-corrected chi connectivity index (χ3v) is 6.76. The van der Waals surface area contributed by atoms with Gasteiger partial charge in [0.1, 0.15) is 0 Å². The Bertz CT molecular complexity index is 634. The number of nitrogens with one attached hydrogen (secondary N) is 1. The van der Waals surface area contributed by atoms with Crippen LogP contribution in [0.5, 0.6) is 0 Å². The third-order valence-electron chi connectivity index (χ3n) is 6.76. The van der Waals surface area contributed by atoms with Crippen molar-refractivity contribution in [3.63, 3.8) is 0 Å². The summed E-state index contributed by atoms with van der Waals surface area (Å²) in [5.74, 6) is 0. The molecule has 140 valence electrons. The molecule has 2 bridgehead atoms. The van der Waals surface area contributed by atoms with Gasteiger partial charge in [-0.25, -0.2) is 4.79 Å². The molecule has 5 nitrogen and oxygen atoms in total. The Balaban J connectivity index is 1.42. The predicted octanol–water partition coefficient (Wildman–Crippen LogP) is 2.93. The largest absolute Gasteiger partial charge is 0.375 e. The molecule has 1 aromatic rings. The lowest BCUT2D eigenvalue weighted by Crippen LogP contribution is -2.48. The summed E-state index contributed by atoms with van der Waals surface area (Å²) in [6, 6.07) is 11.8. The van der Waals surface area contributed by atoms with Crippen molar-refractivity contribution in [2.45, 2.75) is 68.9 Å². The summed E-state index contributed by atoms with van der Waals surface area (Å²) >= 11 is 0. The van der Waals surface area contributed by atoms with Gasteiger partial charge in [0.2, 0.25) is 0 Å². The van der Waals surface area contributed by atoms with E-state index in [2.05, 4.69) is 45.4 Å². The molecule has 4 heterocycles. The molecule has 5 rings (SSSR count). The molecule has 0 aromatic heterocycles. The molecule has 4 saturated heterocycles. The minimum atomic E-state index is 0.187. The molecule has 0 radical (unpaired) electrons. The van der Waals surface area contributed by atoms with Crippen molar-refractivity contribution in [3.05, 3.63) is 35.9 Å². The second-order valence-corrected chi connectivity index (χ2v) is 8.33. The van der Waals surface area contributed by atoms with Crippen LogP contribution in [0.1, 0.15) is 50.1 Å². The van der Waals surface area contributed by atoms with Gasteiger partial charge in [0.15, 0.2) is 0 Å². The lowest BCUT2D eigenvalue weighted by molar-refractivity contribution is -0.0258. The van der Waals surface area contributed by atoms with Gasteiger partial charge < -0.3 is 19.9 Å². The Morgan fingerprint density at radius 2 is 1.62 bits per heavy atom. The highest BCUT2D eigenvalue weighted by molar-refractivity contribution is 5.78. The molecular weight excluding hydrogens is 326 g/mol. The fourth-order valence-corrected chi connectivity index (χ4v) is 5.46. The van der Waals surface area contributed by atoms with Crippen LogP contribution in [-0.4, -0.2) is 59.8 Å². The van der Waals surface area contributed by atoms with Crippen molar-refractivity contribution in [1.29, 1.82) is 0 Å². The SMILES string of the molecule is O=C1N(C2CC3CCC(C2)O3)C[C@@H](c2ccccc2)N1C1CCNCC1. The average molecular weight is 355 g/mol. The number of urea groups is 1. The van der Waals surface area contributed by atoms with Crippen LogP contribution in [0.25, 0.3) is 0 Å². The van der Waals surface area contributed by atoms with E-state index in [0.717, 1.165) is 45.3 Å². The molecule has 4 aliphatic rings. The number of fused-ring (bicyclic) bond motifs is 2. The molecule has 26 heavy (non-hydrogen) atoms. The van der Waals surface area contributed by atoms with Crippen molar-refractivity contribution in [2.75, 3.05) is 19.6 Å². The first-order valence-electron chi connectivity index (χ1n) is 10.3. The first-order chi connectivity index (χ1) is 12.8. The van der Waals surface area contributed by atoms with Gasteiger partial charge in [0.25, 0.3) is 0 Å². The molecule has 1 aromatic carbocycles. The molecule has 1 N–H and O–H groups in total. The summed E-state index contributed by atoms with van der Waals surface area (Å²) in [4.78, 5) is 17.9. The van der Waals surface area contributed by atoms with Crippen molar-refractivity contribution in [3.8, 4) is 0 Å². The molecule has 4 fully saturated rings. The van der Waals surface area contributed by atoms with Crippen LogP contribution in [0, 0.1) is 0 Å². The highest BCUT2D eigenvalue weighted by Gasteiger charge is 2.47. The number of ether oxygens (including phenoxy) is 1. The summed E-state index contributed by atoms with van der Waals surface area (Å²) in [7, 11) is 0. The van der Waals surface area contributed by atoms with E-state index in [9.17, 15) is 4.79 Å². The number of carbonyl (C=O) groups excluding carboxylic acids is 1. The van der Waals surface area contributed by atoms with Gasteiger partial charge in [-0.15, -0.1) is 0 Å². The van der Waals surface area contributed by atoms with E-state index in [1.54, 1.807) is 0 Å². The zero-order chi connectivity index (χ0) is 17.5. The van der Waals surface area contributed by atoms with Crippen LogP contribution in [0.3, 0.4) is 0 Å². The molecule has 0 spiro atoms. The Kier molecular flexibility index (Phi) is 4.37. The Morgan fingerprint density at radius 1 is 0.923 bits per heavy atom. The zero-order valence-electron chi connectivity index (χ0n) is 15.3. The number of benzene rings is 1. The van der Waals surface area contributed by atoms with Gasteiger partial charge in [-0.3, -0.25) is 0 Å². The second-order valence-electron chi connectivity index (χ2n) is 8.33. The van der Waals surface area contributed by atoms with Crippen molar-refractivity contribution in [2.24, 2.45) is 0 Å². The molecular formula is C21H29N3O2. The van der Waals surface area contributed by atoms with Crippen molar-refractivity contribution < 1.29 is 9.53 Å². The third kappa shape index (κ3) is 2.91. The molecule has 2 amide bonds. The average Bonchev–Trinajstić information content (AvgIpc) is 3.22. The fourth-order valence-electron chi connectivity index (χ4n) is 5.46.